The van der Waals surface area contributed by atoms with Gasteiger partial charge >= 0.3 is 6.61 Å². The van der Waals surface area contributed by atoms with Crippen LogP contribution in [0.25, 0.3) is 0 Å². The third kappa shape index (κ3) is 8.05. The second-order valence-electron chi connectivity index (χ2n) is 4.14. The van der Waals surface area contributed by atoms with Gasteiger partial charge in [0.05, 0.1) is 6.54 Å². The number of nitrogens with two attached hydrogens (primary N) is 1. The molecule has 0 unspecified atom stereocenters. The highest BCUT2D eigenvalue weighted by atomic mass is 127. The molecule has 0 bridgehead atoms. The predicted molar refractivity (Wildman–Crippen MR) is 91.6 cm³/mol. The summed E-state index contributed by atoms with van der Waals surface area (Å²) in [6, 6.07) is 4.35. The molecule has 1 aromatic carbocycles. The molecule has 0 saturated carbocycles. The molecule has 0 atom stereocenters. The fourth-order valence-corrected chi connectivity index (χ4v) is 1.54. The number of benzene rings is 1. The highest BCUT2D eigenvalue weighted by Crippen LogP contribution is 2.25. The smallest absolute Gasteiger partial charge is 0.387 e. The number of alkyl halides is 2. The van der Waals surface area contributed by atoms with Crippen LogP contribution >= 0.6 is 35.6 Å². The molecule has 1 aromatic rings. The van der Waals surface area contributed by atoms with Crippen molar-refractivity contribution in [1.82, 2.24) is 5.32 Å². The third-order valence-electron chi connectivity index (χ3n) is 2.23. The summed E-state index contributed by atoms with van der Waals surface area (Å²) in [5.74, 6) is 0.219. The van der Waals surface area contributed by atoms with E-state index in [-0.39, 0.29) is 42.2 Å². The Morgan fingerprint density at radius 2 is 2.19 bits per heavy atom. The number of guanidine groups is 1. The maximum absolute atomic E-state index is 12.3. The van der Waals surface area contributed by atoms with Crippen molar-refractivity contribution >= 4 is 41.5 Å². The van der Waals surface area contributed by atoms with Crippen LogP contribution in [0.15, 0.2) is 35.3 Å². The molecule has 0 fully saturated rings. The van der Waals surface area contributed by atoms with Gasteiger partial charge in [-0.05, 0) is 25.1 Å². The lowest BCUT2D eigenvalue weighted by atomic mass is 10.2. The van der Waals surface area contributed by atoms with Crippen LogP contribution in [0.2, 0.25) is 5.02 Å². The molecule has 0 aliphatic rings. The van der Waals surface area contributed by atoms with E-state index >= 15 is 0 Å². The molecule has 0 aliphatic carbocycles. The Labute approximate surface area is 144 Å². The van der Waals surface area contributed by atoms with Crippen LogP contribution < -0.4 is 15.8 Å². The molecule has 1 rings (SSSR count). The lowest BCUT2D eigenvalue weighted by molar-refractivity contribution is -0.0504. The summed E-state index contributed by atoms with van der Waals surface area (Å²) in [5.41, 5.74) is 6.96. The Morgan fingerprint density at radius 1 is 1.52 bits per heavy atom. The maximum atomic E-state index is 12.3. The minimum atomic E-state index is -2.90. The number of halogens is 4. The average Bonchev–Trinajstić information content (AvgIpc) is 2.36. The third-order valence-corrected chi connectivity index (χ3v) is 2.46. The van der Waals surface area contributed by atoms with Gasteiger partial charge in [-0.2, -0.15) is 8.78 Å². The van der Waals surface area contributed by atoms with Crippen LogP contribution in [0.3, 0.4) is 0 Å². The first-order valence-electron chi connectivity index (χ1n) is 5.80. The molecule has 4 nitrogen and oxygen atoms in total. The Balaban J connectivity index is 0.00000400. The van der Waals surface area contributed by atoms with Gasteiger partial charge in [0.25, 0.3) is 0 Å². The molecule has 21 heavy (non-hydrogen) atoms. The summed E-state index contributed by atoms with van der Waals surface area (Å²) in [5, 5.41) is 3.24. The van der Waals surface area contributed by atoms with Crippen molar-refractivity contribution in [3.05, 3.63) is 40.9 Å². The van der Waals surface area contributed by atoms with Gasteiger partial charge in [0.1, 0.15) is 5.75 Å². The monoisotopic (exact) mass is 431 g/mol. The molecular weight excluding hydrogens is 415 g/mol. The van der Waals surface area contributed by atoms with Gasteiger partial charge in [-0.25, -0.2) is 4.99 Å². The summed E-state index contributed by atoms with van der Waals surface area (Å²) in [4.78, 5) is 4.03. The number of nitrogens with zero attached hydrogens (tertiary/aromatic N) is 1. The lowest BCUT2D eigenvalue weighted by Crippen LogP contribution is -2.32. The zero-order valence-corrected chi connectivity index (χ0v) is 14.5. The predicted octanol–water partition coefficient (Wildman–Crippen LogP) is 3.54. The van der Waals surface area contributed by atoms with Crippen LogP contribution in [0, 0.1) is 0 Å². The molecule has 3 N–H and O–H groups in total. The van der Waals surface area contributed by atoms with Crippen molar-refractivity contribution in [2.24, 2.45) is 10.7 Å². The number of hydrogen-bond donors (Lipinski definition) is 2. The largest absolute Gasteiger partial charge is 0.434 e. The second-order valence-corrected chi connectivity index (χ2v) is 4.58. The molecular formula is C13H17ClF2IN3O. The molecule has 8 heteroatoms. The highest BCUT2D eigenvalue weighted by molar-refractivity contribution is 14.0. The van der Waals surface area contributed by atoms with Gasteiger partial charge in [0.15, 0.2) is 5.96 Å². The van der Waals surface area contributed by atoms with Gasteiger partial charge < -0.3 is 15.8 Å². The second kappa shape index (κ2) is 9.78. The number of nitrogens with one attached hydrogen (secondary N) is 1. The SMILES string of the molecule is C=C(C)CNC(N)=NCc1cc(Cl)ccc1OC(F)F.I. The molecule has 0 heterocycles. The van der Waals surface area contributed by atoms with E-state index in [4.69, 9.17) is 17.3 Å². The van der Waals surface area contributed by atoms with Crippen molar-refractivity contribution in [1.29, 1.82) is 0 Å². The van der Waals surface area contributed by atoms with E-state index in [1.54, 1.807) is 0 Å². The van der Waals surface area contributed by atoms with Gasteiger partial charge in [-0.15, -0.1) is 24.0 Å². The fourth-order valence-electron chi connectivity index (χ4n) is 1.35. The van der Waals surface area contributed by atoms with E-state index < -0.39 is 6.61 Å². The van der Waals surface area contributed by atoms with Crippen LogP contribution in [-0.2, 0) is 6.54 Å². The highest BCUT2D eigenvalue weighted by Gasteiger charge is 2.10. The van der Waals surface area contributed by atoms with E-state index in [0.29, 0.717) is 17.1 Å². The number of hydrogen-bond acceptors (Lipinski definition) is 2. The summed E-state index contributed by atoms with van der Waals surface area (Å²) in [7, 11) is 0. The standard InChI is InChI=1S/C13H16ClF2N3O.HI/c1-8(2)6-18-13(17)19-7-9-5-10(14)3-4-11(9)20-12(15)16;/h3-5,12H,1,6-7H2,2H3,(H3,17,18,19);1H. The molecule has 0 amide bonds. The van der Waals surface area contributed by atoms with E-state index in [1.165, 1.54) is 18.2 Å². The van der Waals surface area contributed by atoms with E-state index in [1.807, 2.05) is 6.92 Å². The van der Waals surface area contributed by atoms with Crippen LogP contribution in [0.4, 0.5) is 8.78 Å². The molecule has 0 radical (unpaired) electrons. The normalized spacial score (nSPS) is 11.0. The summed E-state index contributed by atoms with van der Waals surface area (Å²) in [6.45, 7) is 3.22. The first-order chi connectivity index (χ1) is 9.38. The Hall–Kier alpha value is -1.09. The van der Waals surface area contributed by atoms with E-state index in [2.05, 4.69) is 21.6 Å². The Bertz CT molecular complexity index is 512. The fraction of sp³-hybridized carbons (Fsp3) is 0.308. The Kier molecular flexibility index (Phi) is 9.27. The van der Waals surface area contributed by atoms with Gasteiger partial charge in [0.2, 0.25) is 0 Å². The first-order valence-corrected chi connectivity index (χ1v) is 6.17. The van der Waals surface area contributed by atoms with Crippen LogP contribution in [0.5, 0.6) is 5.75 Å². The van der Waals surface area contributed by atoms with Gasteiger partial charge in [0, 0.05) is 17.1 Å². The van der Waals surface area contributed by atoms with Crippen molar-refractivity contribution in [3.63, 3.8) is 0 Å². The number of aliphatic imine (C=N–C) groups is 1. The zero-order chi connectivity index (χ0) is 15.1. The van der Waals surface area contributed by atoms with Crippen LogP contribution in [-0.4, -0.2) is 19.1 Å². The first kappa shape index (κ1) is 19.9. The number of ether oxygens (including phenoxy) is 1. The maximum Gasteiger partial charge on any atom is 0.387 e. The average molecular weight is 432 g/mol. The summed E-state index contributed by atoms with van der Waals surface area (Å²) >= 11 is 5.82. The summed E-state index contributed by atoms with van der Waals surface area (Å²) < 4.78 is 28.9. The van der Waals surface area contributed by atoms with Crippen LogP contribution in [0.1, 0.15) is 12.5 Å². The quantitative estimate of drug-likeness (QED) is 0.313. The number of rotatable bonds is 6. The van der Waals surface area contributed by atoms with Gasteiger partial charge in [-0.3, -0.25) is 0 Å². The minimum Gasteiger partial charge on any atom is -0.434 e. The molecule has 0 spiro atoms. The Morgan fingerprint density at radius 3 is 2.76 bits per heavy atom. The van der Waals surface area contributed by atoms with Crippen molar-refractivity contribution in [2.75, 3.05) is 6.54 Å². The van der Waals surface area contributed by atoms with E-state index in [0.717, 1.165) is 5.57 Å². The molecule has 118 valence electrons. The van der Waals surface area contributed by atoms with Crippen molar-refractivity contribution in [3.8, 4) is 5.75 Å². The molecule has 0 aromatic heterocycles. The van der Waals surface area contributed by atoms with Crippen molar-refractivity contribution in [2.45, 2.75) is 20.1 Å². The zero-order valence-electron chi connectivity index (χ0n) is 11.4. The minimum absolute atomic E-state index is 0. The van der Waals surface area contributed by atoms with Gasteiger partial charge in [-0.1, -0.05) is 23.8 Å². The summed E-state index contributed by atoms with van der Waals surface area (Å²) in [6.07, 6.45) is 0. The molecule has 0 aliphatic heterocycles. The molecule has 0 saturated heterocycles. The topological polar surface area (TPSA) is 59.6 Å². The lowest BCUT2D eigenvalue weighted by Gasteiger charge is -2.10. The van der Waals surface area contributed by atoms with E-state index in [9.17, 15) is 8.78 Å². The van der Waals surface area contributed by atoms with Crippen molar-refractivity contribution < 1.29 is 13.5 Å².